The van der Waals surface area contributed by atoms with Gasteiger partial charge in [0, 0.05) is 30.2 Å². The Morgan fingerprint density at radius 2 is 1.80 bits per heavy atom. The van der Waals surface area contributed by atoms with Crippen LogP contribution in [0.5, 0.6) is 0 Å². The fraction of sp³-hybridized carbons (Fsp3) is 0.0909. The summed E-state index contributed by atoms with van der Waals surface area (Å²) in [5, 5.41) is 0. The van der Waals surface area contributed by atoms with E-state index >= 15 is 0 Å². The second kappa shape index (κ2) is 3.96. The predicted octanol–water partition coefficient (Wildman–Crippen LogP) is 1.23. The molecule has 0 saturated heterocycles. The summed E-state index contributed by atoms with van der Waals surface area (Å²) < 4.78 is 0. The molecule has 1 aromatic heterocycles. The standard InChI is InChI=1S/C11H12N4/c12-9-3-2-8(10(13)7-9)6-11-14-4-1-5-15-11/h1-5,7H,6,12-13H2. The molecule has 2 rings (SSSR count). The van der Waals surface area contributed by atoms with Crippen LogP contribution in [0.25, 0.3) is 0 Å². The molecule has 4 N–H and O–H groups in total. The molecule has 1 heterocycles. The smallest absolute Gasteiger partial charge is 0.132 e. The Balaban J connectivity index is 2.25. The average Bonchev–Trinajstić information content (AvgIpc) is 2.24. The summed E-state index contributed by atoms with van der Waals surface area (Å²) in [5.41, 5.74) is 13.8. The molecule has 0 aliphatic heterocycles. The molecule has 0 amide bonds. The van der Waals surface area contributed by atoms with Crippen LogP contribution in [0.1, 0.15) is 11.4 Å². The zero-order chi connectivity index (χ0) is 10.7. The Morgan fingerprint density at radius 3 is 2.47 bits per heavy atom. The number of hydrogen-bond acceptors (Lipinski definition) is 4. The second-order valence-electron chi connectivity index (χ2n) is 3.30. The summed E-state index contributed by atoms with van der Waals surface area (Å²) >= 11 is 0. The number of rotatable bonds is 2. The topological polar surface area (TPSA) is 77.8 Å². The summed E-state index contributed by atoms with van der Waals surface area (Å²) in [5.74, 6) is 0.758. The third kappa shape index (κ3) is 2.22. The monoisotopic (exact) mass is 200 g/mol. The van der Waals surface area contributed by atoms with E-state index in [2.05, 4.69) is 9.97 Å². The van der Waals surface area contributed by atoms with Crippen LogP contribution >= 0.6 is 0 Å². The molecule has 0 atom stereocenters. The molecule has 2 aromatic rings. The highest BCUT2D eigenvalue weighted by Crippen LogP contribution is 2.17. The maximum Gasteiger partial charge on any atom is 0.132 e. The van der Waals surface area contributed by atoms with Crippen LogP contribution in [-0.2, 0) is 6.42 Å². The number of hydrogen-bond donors (Lipinski definition) is 2. The number of nitrogens with two attached hydrogens (primary N) is 2. The molecule has 0 saturated carbocycles. The van der Waals surface area contributed by atoms with E-state index in [0.717, 1.165) is 11.4 Å². The van der Waals surface area contributed by atoms with Gasteiger partial charge in [0.25, 0.3) is 0 Å². The van der Waals surface area contributed by atoms with Gasteiger partial charge in [0.05, 0.1) is 0 Å². The van der Waals surface area contributed by atoms with Gasteiger partial charge < -0.3 is 11.5 Å². The Labute approximate surface area is 88.0 Å². The lowest BCUT2D eigenvalue weighted by Gasteiger charge is -2.05. The predicted molar refractivity (Wildman–Crippen MR) is 60.1 cm³/mol. The number of nitrogen functional groups attached to an aromatic ring is 2. The number of benzene rings is 1. The fourth-order valence-electron chi connectivity index (χ4n) is 1.37. The third-order valence-electron chi connectivity index (χ3n) is 2.14. The van der Waals surface area contributed by atoms with Gasteiger partial charge in [-0.15, -0.1) is 0 Å². The Bertz CT molecular complexity index is 453. The molecule has 0 bridgehead atoms. The molecule has 0 radical (unpaired) electrons. The largest absolute Gasteiger partial charge is 0.399 e. The van der Waals surface area contributed by atoms with Crippen LogP contribution in [0.2, 0.25) is 0 Å². The minimum absolute atomic E-state index is 0.632. The highest BCUT2D eigenvalue weighted by Gasteiger charge is 2.02. The zero-order valence-corrected chi connectivity index (χ0v) is 8.22. The van der Waals surface area contributed by atoms with E-state index < -0.39 is 0 Å². The average molecular weight is 200 g/mol. The zero-order valence-electron chi connectivity index (χ0n) is 8.22. The first-order valence-electron chi connectivity index (χ1n) is 4.65. The van der Waals surface area contributed by atoms with Gasteiger partial charge in [-0.05, 0) is 23.8 Å². The number of aromatic nitrogens is 2. The first kappa shape index (κ1) is 9.45. The van der Waals surface area contributed by atoms with E-state index in [1.165, 1.54) is 0 Å². The molecule has 0 fully saturated rings. The van der Waals surface area contributed by atoms with E-state index in [1.54, 1.807) is 24.5 Å². The van der Waals surface area contributed by atoms with Crippen LogP contribution < -0.4 is 11.5 Å². The van der Waals surface area contributed by atoms with Crippen molar-refractivity contribution in [2.45, 2.75) is 6.42 Å². The molecule has 0 unspecified atom stereocenters. The summed E-state index contributed by atoms with van der Waals surface area (Å²) in [4.78, 5) is 8.28. The van der Waals surface area contributed by atoms with Crippen molar-refractivity contribution in [3.05, 3.63) is 48.0 Å². The molecular weight excluding hydrogens is 188 g/mol. The van der Waals surface area contributed by atoms with Crippen LogP contribution in [0.15, 0.2) is 36.7 Å². The van der Waals surface area contributed by atoms with E-state index in [4.69, 9.17) is 11.5 Å². The van der Waals surface area contributed by atoms with Gasteiger partial charge in [-0.3, -0.25) is 0 Å². The van der Waals surface area contributed by atoms with Crippen molar-refractivity contribution in [2.24, 2.45) is 0 Å². The minimum atomic E-state index is 0.632. The molecule has 76 valence electrons. The molecular formula is C11H12N4. The minimum Gasteiger partial charge on any atom is -0.399 e. The van der Waals surface area contributed by atoms with Gasteiger partial charge in [0.1, 0.15) is 5.82 Å². The van der Waals surface area contributed by atoms with Crippen LogP contribution in [0, 0.1) is 0 Å². The van der Waals surface area contributed by atoms with Gasteiger partial charge in [-0.25, -0.2) is 9.97 Å². The Morgan fingerprint density at radius 1 is 1.07 bits per heavy atom. The maximum atomic E-state index is 5.83. The molecule has 0 aliphatic rings. The van der Waals surface area contributed by atoms with Crippen molar-refractivity contribution < 1.29 is 0 Å². The lowest BCUT2D eigenvalue weighted by molar-refractivity contribution is 0.970. The number of anilines is 2. The Hall–Kier alpha value is -2.10. The summed E-state index contributed by atoms with van der Waals surface area (Å²) in [6, 6.07) is 7.27. The van der Waals surface area contributed by atoms with Crippen molar-refractivity contribution >= 4 is 11.4 Å². The summed E-state index contributed by atoms with van der Waals surface area (Å²) in [6.45, 7) is 0. The van der Waals surface area contributed by atoms with E-state index in [1.807, 2.05) is 12.1 Å². The van der Waals surface area contributed by atoms with Crippen molar-refractivity contribution in [1.82, 2.24) is 9.97 Å². The van der Waals surface area contributed by atoms with E-state index in [9.17, 15) is 0 Å². The van der Waals surface area contributed by atoms with Gasteiger partial charge in [0.2, 0.25) is 0 Å². The van der Waals surface area contributed by atoms with Gasteiger partial charge in [-0.1, -0.05) is 6.07 Å². The van der Waals surface area contributed by atoms with Gasteiger partial charge >= 0.3 is 0 Å². The summed E-state index contributed by atoms with van der Waals surface area (Å²) in [7, 11) is 0. The SMILES string of the molecule is Nc1ccc(Cc2ncccn2)c(N)c1. The van der Waals surface area contributed by atoms with E-state index in [-0.39, 0.29) is 0 Å². The highest BCUT2D eigenvalue weighted by atomic mass is 14.8. The fourth-order valence-corrected chi connectivity index (χ4v) is 1.37. The molecule has 1 aromatic carbocycles. The van der Waals surface area contributed by atoms with Crippen LogP contribution in [0.3, 0.4) is 0 Å². The summed E-state index contributed by atoms with van der Waals surface area (Å²) in [6.07, 6.45) is 4.07. The van der Waals surface area contributed by atoms with Crippen molar-refractivity contribution in [3.8, 4) is 0 Å². The highest BCUT2D eigenvalue weighted by molar-refractivity contribution is 5.57. The van der Waals surface area contributed by atoms with Gasteiger partial charge in [0.15, 0.2) is 0 Å². The molecule has 15 heavy (non-hydrogen) atoms. The van der Waals surface area contributed by atoms with E-state index in [0.29, 0.717) is 17.8 Å². The molecule has 0 aliphatic carbocycles. The lowest BCUT2D eigenvalue weighted by atomic mass is 10.1. The third-order valence-corrected chi connectivity index (χ3v) is 2.14. The molecule has 0 spiro atoms. The first-order valence-corrected chi connectivity index (χ1v) is 4.65. The van der Waals surface area contributed by atoms with Crippen molar-refractivity contribution in [1.29, 1.82) is 0 Å². The normalized spacial score (nSPS) is 10.1. The molecule has 4 nitrogen and oxygen atoms in total. The lowest BCUT2D eigenvalue weighted by Crippen LogP contribution is -2.00. The van der Waals surface area contributed by atoms with Crippen molar-refractivity contribution in [3.63, 3.8) is 0 Å². The molecule has 4 heteroatoms. The van der Waals surface area contributed by atoms with Crippen LogP contribution in [0.4, 0.5) is 11.4 Å². The second-order valence-corrected chi connectivity index (χ2v) is 3.30. The maximum absolute atomic E-state index is 5.83. The van der Waals surface area contributed by atoms with Crippen LogP contribution in [-0.4, -0.2) is 9.97 Å². The quantitative estimate of drug-likeness (QED) is 0.715. The Kier molecular flexibility index (Phi) is 2.49. The van der Waals surface area contributed by atoms with Crippen molar-refractivity contribution in [2.75, 3.05) is 11.5 Å². The number of nitrogens with zero attached hydrogens (tertiary/aromatic N) is 2. The first-order chi connectivity index (χ1) is 7.25. The van der Waals surface area contributed by atoms with Gasteiger partial charge in [-0.2, -0.15) is 0 Å².